The highest BCUT2D eigenvalue weighted by Gasteiger charge is 2.37. The van der Waals surface area contributed by atoms with Gasteiger partial charge in [-0.25, -0.2) is 0 Å². The average molecular weight is 175 g/mol. The Balaban J connectivity index is 2.66. The molecule has 0 aromatic carbocycles. The first kappa shape index (κ1) is 10.1. The Kier molecular flexibility index (Phi) is 2.67. The predicted molar refractivity (Wildman–Crippen MR) is 53.7 cm³/mol. The fraction of sp³-hybridized carbons (Fsp3) is 0.750. The molecular weight excluding hydrogens is 158 g/mol. The molecule has 13 heavy (non-hydrogen) atoms. The number of hydrogen-bond donors (Lipinski definition) is 0. The molecule has 0 aromatic rings. The molecule has 0 atom stereocenters. The third-order valence-electron chi connectivity index (χ3n) is 3.24. The molecule has 1 aliphatic rings. The fourth-order valence-corrected chi connectivity index (χ4v) is 1.93. The molecule has 1 heteroatoms. The van der Waals surface area contributed by atoms with Crippen molar-refractivity contribution in [3.8, 4) is 18.4 Å². The second-order valence-corrected chi connectivity index (χ2v) is 4.94. The molecule has 1 rings (SSSR count). The van der Waals surface area contributed by atoms with E-state index < -0.39 is 0 Å². The maximum Gasteiger partial charge on any atom is 0.0699 e. The number of nitrogens with zero attached hydrogens (tertiary/aromatic N) is 1. The van der Waals surface area contributed by atoms with E-state index in [1.54, 1.807) is 0 Å². The van der Waals surface area contributed by atoms with E-state index >= 15 is 0 Å². The summed E-state index contributed by atoms with van der Waals surface area (Å²) in [6, 6.07) is 2.41. The zero-order valence-electron chi connectivity index (χ0n) is 8.56. The van der Waals surface area contributed by atoms with E-state index in [4.69, 9.17) is 11.7 Å². The minimum Gasteiger partial charge on any atom is -0.198 e. The Bertz CT molecular complexity index is 252. The molecular formula is C12H17N. The Morgan fingerprint density at radius 3 is 2.15 bits per heavy atom. The third-order valence-corrected chi connectivity index (χ3v) is 3.24. The van der Waals surface area contributed by atoms with Gasteiger partial charge in [-0.1, -0.05) is 13.8 Å². The number of nitriles is 1. The second-order valence-electron chi connectivity index (χ2n) is 4.94. The molecule has 0 amide bonds. The Morgan fingerprint density at radius 2 is 1.77 bits per heavy atom. The molecule has 1 aliphatic carbocycles. The van der Waals surface area contributed by atoms with Gasteiger partial charge in [0, 0.05) is 6.42 Å². The van der Waals surface area contributed by atoms with Gasteiger partial charge in [0.15, 0.2) is 0 Å². The van der Waals surface area contributed by atoms with Crippen LogP contribution in [0.5, 0.6) is 0 Å². The van der Waals surface area contributed by atoms with Crippen LogP contribution in [0.3, 0.4) is 0 Å². The third kappa shape index (κ3) is 2.25. The van der Waals surface area contributed by atoms with Crippen molar-refractivity contribution in [3.05, 3.63) is 0 Å². The zero-order chi connectivity index (χ0) is 9.95. The Hall–Kier alpha value is -0.950. The topological polar surface area (TPSA) is 23.8 Å². The van der Waals surface area contributed by atoms with Crippen molar-refractivity contribution in [2.24, 2.45) is 10.8 Å². The number of hydrogen-bond acceptors (Lipinski definition) is 1. The van der Waals surface area contributed by atoms with Gasteiger partial charge in [-0.05, 0) is 31.1 Å². The maximum atomic E-state index is 9.10. The summed E-state index contributed by atoms with van der Waals surface area (Å²) in [7, 11) is 0. The SMILES string of the molecule is C#CCC1(C#N)CCC(C)(C)CC1. The molecule has 0 unspecified atom stereocenters. The van der Waals surface area contributed by atoms with Crippen LogP contribution < -0.4 is 0 Å². The molecule has 0 aliphatic heterocycles. The van der Waals surface area contributed by atoms with Crippen LogP contribution >= 0.6 is 0 Å². The Morgan fingerprint density at radius 1 is 1.23 bits per heavy atom. The van der Waals surface area contributed by atoms with E-state index in [1.807, 2.05) is 0 Å². The summed E-state index contributed by atoms with van der Waals surface area (Å²) in [5.41, 5.74) is 0.208. The van der Waals surface area contributed by atoms with Gasteiger partial charge in [0.25, 0.3) is 0 Å². The quantitative estimate of drug-likeness (QED) is 0.562. The van der Waals surface area contributed by atoms with Gasteiger partial charge in [-0.3, -0.25) is 0 Å². The normalized spacial score (nSPS) is 24.3. The molecule has 0 N–H and O–H groups in total. The minimum absolute atomic E-state index is 0.204. The summed E-state index contributed by atoms with van der Waals surface area (Å²) in [4.78, 5) is 0. The van der Waals surface area contributed by atoms with Crippen molar-refractivity contribution in [1.29, 1.82) is 5.26 Å². The fourth-order valence-electron chi connectivity index (χ4n) is 1.93. The summed E-state index contributed by atoms with van der Waals surface area (Å²) >= 11 is 0. The number of rotatable bonds is 1. The van der Waals surface area contributed by atoms with Crippen LogP contribution in [0.2, 0.25) is 0 Å². The first-order valence-electron chi connectivity index (χ1n) is 4.88. The lowest BCUT2D eigenvalue weighted by atomic mass is 9.64. The van der Waals surface area contributed by atoms with Crippen molar-refractivity contribution in [1.82, 2.24) is 0 Å². The predicted octanol–water partition coefficient (Wildman–Crippen LogP) is 3.12. The monoisotopic (exact) mass is 175 g/mol. The minimum atomic E-state index is -0.204. The van der Waals surface area contributed by atoms with Crippen LogP contribution in [-0.4, -0.2) is 0 Å². The zero-order valence-corrected chi connectivity index (χ0v) is 8.56. The maximum absolute atomic E-state index is 9.10. The van der Waals surface area contributed by atoms with Crippen molar-refractivity contribution < 1.29 is 0 Å². The standard InChI is InChI=1S/C12H17N/c1-4-5-12(10-13)8-6-11(2,3)7-9-12/h1H,5-9H2,2-3H3. The van der Waals surface area contributed by atoms with Gasteiger partial charge in [0.2, 0.25) is 0 Å². The van der Waals surface area contributed by atoms with Crippen molar-refractivity contribution in [2.75, 3.05) is 0 Å². The summed E-state index contributed by atoms with van der Waals surface area (Å²) < 4.78 is 0. The van der Waals surface area contributed by atoms with E-state index in [9.17, 15) is 0 Å². The van der Waals surface area contributed by atoms with E-state index in [2.05, 4.69) is 25.8 Å². The molecule has 0 heterocycles. The first-order chi connectivity index (χ1) is 6.04. The van der Waals surface area contributed by atoms with Gasteiger partial charge < -0.3 is 0 Å². The second kappa shape index (κ2) is 3.43. The average Bonchev–Trinajstić information content (AvgIpc) is 2.10. The van der Waals surface area contributed by atoms with Gasteiger partial charge in [0.1, 0.15) is 0 Å². The van der Waals surface area contributed by atoms with Crippen molar-refractivity contribution >= 4 is 0 Å². The highest BCUT2D eigenvalue weighted by atomic mass is 14.4. The summed E-state index contributed by atoms with van der Waals surface area (Å²) in [6.45, 7) is 4.54. The molecule has 0 radical (unpaired) electrons. The summed E-state index contributed by atoms with van der Waals surface area (Å²) in [6.07, 6.45) is 10.1. The van der Waals surface area contributed by atoms with E-state index in [0.29, 0.717) is 11.8 Å². The number of terminal acetylenes is 1. The molecule has 1 fully saturated rings. The molecule has 0 aromatic heterocycles. The first-order valence-corrected chi connectivity index (χ1v) is 4.88. The van der Waals surface area contributed by atoms with Gasteiger partial charge in [-0.15, -0.1) is 12.3 Å². The van der Waals surface area contributed by atoms with E-state index in [1.165, 1.54) is 0 Å². The summed E-state index contributed by atoms with van der Waals surface area (Å²) in [5.74, 6) is 2.63. The molecule has 0 saturated heterocycles. The van der Waals surface area contributed by atoms with Gasteiger partial charge in [-0.2, -0.15) is 5.26 Å². The van der Waals surface area contributed by atoms with E-state index in [0.717, 1.165) is 25.7 Å². The van der Waals surface area contributed by atoms with Crippen LogP contribution in [-0.2, 0) is 0 Å². The lowest BCUT2D eigenvalue weighted by Crippen LogP contribution is -2.29. The Labute approximate surface area is 81.1 Å². The van der Waals surface area contributed by atoms with E-state index in [-0.39, 0.29) is 5.41 Å². The lowest BCUT2D eigenvalue weighted by molar-refractivity contribution is 0.150. The van der Waals surface area contributed by atoms with Gasteiger partial charge in [0.05, 0.1) is 11.5 Å². The molecule has 0 spiro atoms. The lowest BCUT2D eigenvalue weighted by Gasteiger charge is -2.38. The molecule has 1 nitrogen and oxygen atoms in total. The van der Waals surface area contributed by atoms with Crippen LogP contribution in [0, 0.1) is 34.5 Å². The molecule has 70 valence electrons. The highest BCUT2D eigenvalue weighted by molar-refractivity contribution is 5.08. The van der Waals surface area contributed by atoms with Gasteiger partial charge >= 0.3 is 0 Å². The van der Waals surface area contributed by atoms with Crippen LogP contribution in [0.25, 0.3) is 0 Å². The van der Waals surface area contributed by atoms with Crippen LogP contribution in [0.15, 0.2) is 0 Å². The molecule has 0 bridgehead atoms. The van der Waals surface area contributed by atoms with Crippen molar-refractivity contribution in [3.63, 3.8) is 0 Å². The summed E-state index contributed by atoms with van der Waals surface area (Å²) in [5, 5.41) is 9.10. The highest BCUT2D eigenvalue weighted by Crippen LogP contribution is 2.46. The smallest absolute Gasteiger partial charge is 0.0699 e. The van der Waals surface area contributed by atoms with Crippen LogP contribution in [0.1, 0.15) is 46.0 Å². The van der Waals surface area contributed by atoms with Crippen LogP contribution in [0.4, 0.5) is 0 Å². The van der Waals surface area contributed by atoms with Crippen molar-refractivity contribution in [2.45, 2.75) is 46.0 Å². The molecule has 1 saturated carbocycles. The largest absolute Gasteiger partial charge is 0.198 e.